The molecule has 8 nitrogen and oxygen atoms in total. The van der Waals surface area contributed by atoms with E-state index in [1.807, 2.05) is 0 Å². The summed E-state index contributed by atoms with van der Waals surface area (Å²) < 4.78 is 0. The van der Waals surface area contributed by atoms with Crippen LogP contribution in [0.1, 0.15) is 26.7 Å². The van der Waals surface area contributed by atoms with Gasteiger partial charge in [-0.3, -0.25) is 20.2 Å². The van der Waals surface area contributed by atoms with Gasteiger partial charge in [-0.05, 0) is 24.0 Å². The Morgan fingerprint density at radius 2 is 1.00 bits per heavy atom. The van der Waals surface area contributed by atoms with E-state index in [0.717, 1.165) is 35.5 Å². The molecule has 0 heterocycles. The van der Waals surface area contributed by atoms with Gasteiger partial charge in [-0.1, -0.05) is 87.4 Å². The van der Waals surface area contributed by atoms with Crippen LogP contribution in [0.4, 0.5) is 11.4 Å². The summed E-state index contributed by atoms with van der Waals surface area (Å²) in [4.78, 5) is 18.9. The molecule has 2 fully saturated rings. The zero-order valence-corrected chi connectivity index (χ0v) is 25.7. The number of phenolic OH excluding ortho intramolecular Hbond substituents is 2. The molecule has 2 N–H and O–H groups in total. The zero-order valence-electron chi connectivity index (χ0n) is 23.2. The van der Waals surface area contributed by atoms with Crippen molar-refractivity contribution < 1.29 is 46.3 Å². The molecule has 0 amide bonds. The Bertz CT molecular complexity index is 1140. The van der Waals surface area contributed by atoms with E-state index >= 15 is 0 Å². The fourth-order valence-corrected chi connectivity index (χ4v) is 5.24. The number of nitrogens with zero attached hydrogens (tertiary/aromatic N) is 2. The first-order valence-electron chi connectivity index (χ1n) is 13.4. The molecular weight excluding hydrogens is 600 g/mol. The summed E-state index contributed by atoms with van der Waals surface area (Å²) in [5, 5.41) is 37.8. The second-order valence-corrected chi connectivity index (χ2v) is 10.3. The smallest absolute Gasteiger partial charge is 0.502 e. The molecule has 9 heteroatoms. The first-order chi connectivity index (χ1) is 19.2. The van der Waals surface area contributed by atoms with Crippen LogP contribution >= 0.6 is 0 Å². The average Bonchev–Trinajstić information content (AvgIpc) is 3.50. The van der Waals surface area contributed by atoms with Crippen molar-refractivity contribution in [1.29, 1.82) is 0 Å². The number of hydrogen-bond acceptors (Lipinski definition) is 6. The van der Waals surface area contributed by atoms with Gasteiger partial charge < -0.3 is 23.1 Å². The molecular formula is C32H36N2O6Zr. The molecule has 0 spiro atoms. The van der Waals surface area contributed by atoms with Crippen molar-refractivity contribution >= 4 is 11.4 Å². The predicted octanol–water partition coefficient (Wildman–Crippen LogP) is 7.78. The first kappa shape index (κ1) is 33.9. The van der Waals surface area contributed by atoms with E-state index in [1.165, 1.54) is 61.4 Å². The van der Waals surface area contributed by atoms with E-state index in [2.05, 4.69) is 75.3 Å². The van der Waals surface area contributed by atoms with Crippen LogP contribution in [-0.4, -0.2) is 20.1 Å². The molecule has 0 aromatic heterocycles. The molecule has 214 valence electrons. The number of aromatic hydroxyl groups is 2. The van der Waals surface area contributed by atoms with Crippen LogP contribution in [0.2, 0.25) is 0 Å². The second-order valence-electron chi connectivity index (χ2n) is 10.3. The molecule has 2 aromatic rings. The predicted molar refractivity (Wildman–Crippen MR) is 156 cm³/mol. The molecule has 2 aromatic carbocycles. The second kappa shape index (κ2) is 16.8. The van der Waals surface area contributed by atoms with Gasteiger partial charge in [0.05, 0.1) is 9.85 Å². The quantitative estimate of drug-likeness (QED) is 0.197. The summed E-state index contributed by atoms with van der Waals surface area (Å²) in [6, 6.07) is 11.1. The number of para-hydroxylation sites is 4. The van der Waals surface area contributed by atoms with Crippen LogP contribution in [-0.2, 0) is 26.2 Å². The minimum atomic E-state index is -0.630. The summed E-state index contributed by atoms with van der Waals surface area (Å²) in [5.41, 5.74) is -0.523. The van der Waals surface area contributed by atoms with Crippen molar-refractivity contribution in [3.05, 3.63) is 130 Å². The molecule has 4 aliphatic carbocycles. The number of phenols is 2. The molecule has 0 radical (unpaired) electrons. The van der Waals surface area contributed by atoms with Crippen molar-refractivity contribution in [2.24, 2.45) is 35.5 Å². The Balaban J connectivity index is 0.000000190. The van der Waals surface area contributed by atoms with E-state index < -0.39 is 9.85 Å². The molecule has 6 atom stereocenters. The van der Waals surface area contributed by atoms with Crippen LogP contribution in [0.3, 0.4) is 0 Å². The van der Waals surface area contributed by atoms with Crippen LogP contribution in [0.25, 0.3) is 0 Å². The molecule has 2 saturated carbocycles. The molecule has 4 aliphatic rings. The maximum atomic E-state index is 10.1. The summed E-state index contributed by atoms with van der Waals surface area (Å²) in [7, 11) is 0. The standard InChI is InChI=1S/2C10H13.2C6H5NO3.Zr/c2*1-8-6-9-4-2-3-5-10(9)7-8;2*8-6-4-2-1-3-5(6)7(9)10;/h2*2-6,8-10H,7H2,1H3;2*1-4,8H;/q2*-1;;;+2. The van der Waals surface area contributed by atoms with E-state index in [0.29, 0.717) is 0 Å². The third-order valence-corrected chi connectivity index (χ3v) is 7.14. The van der Waals surface area contributed by atoms with E-state index in [1.54, 1.807) is 0 Å². The van der Waals surface area contributed by atoms with Gasteiger partial charge in [0.2, 0.25) is 0 Å². The molecule has 0 saturated heterocycles. The summed E-state index contributed by atoms with van der Waals surface area (Å²) in [6.07, 6.45) is 25.6. The summed E-state index contributed by atoms with van der Waals surface area (Å²) in [6.45, 7) is 4.61. The maximum absolute atomic E-state index is 10.1. The topological polar surface area (TPSA) is 127 Å². The third-order valence-electron chi connectivity index (χ3n) is 7.14. The normalized spacial score (nSPS) is 25.9. The van der Waals surface area contributed by atoms with E-state index in [9.17, 15) is 20.2 Å². The molecule has 41 heavy (non-hydrogen) atoms. The van der Waals surface area contributed by atoms with E-state index in [-0.39, 0.29) is 49.1 Å². The van der Waals surface area contributed by atoms with Crippen molar-refractivity contribution in [2.75, 3.05) is 0 Å². The van der Waals surface area contributed by atoms with Crippen molar-refractivity contribution in [3.8, 4) is 11.5 Å². The number of nitro benzene ring substituents is 2. The molecule has 6 rings (SSSR count). The van der Waals surface area contributed by atoms with Crippen molar-refractivity contribution in [1.82, 2.24) is 0 Å². The van der Waals surface area contributed by atoms with Gasteiger partial charge >= 0.3 is 37.6 Å². The number of fused-ring (bicyclic) bond motifs is 2. The summed E-state index contributed by atoms with van der Waals surface area (Å²) in [5.74, 6) is 4.19. The molecule has 0 bridgehead atoms. The third kappa shape index (κ3) is 10.5. The van der Waals surface area contributed by atoms with Gasteiger partial charge in [-0.15, -0.1) is 24.0 Å². The minimum absolute atomic E-state index is 0. The Labute approximate surface area is 260 Å². The van der Waals surface area contributed by atoms with Crippen LogP contribution in [0.15, 0.2) is 97.1 Å². The SMILES string of the molecule is CC1[CH-]C2C=CC=CC2C1.CC1[CH-]C2C=CC=CC2C1.O=[N+]([O-])c1ccccc1O.O=[N+]([O-])c1ccccc1O.[Zr+2]. The number of benzene rings is 2. The number of allylic oxidation sites excluding steroid dienone is 8. The monoisotopic (exact) mass is 634 g/mol. The van der Waals surface area contributed by atoms with Gasteiger partial charge in [0.1, 0.15) is 0 Å². The zero-order chi connectivity index (χ0) is 29.1. The van der Waals surface area contributed by atoms with Crippen LogP contribution in [0, 0.1) is 68.6 Å². The number of rotatable bonds is 2. The molecule has 6 unspecified atom stereocenters. The Hall–Kier alpha value is -3.32. The average molecular weight is 636 g/mol. The van der Waals surface area contributed by atoms with Gasteiger partial charge in [0, 0.05) is 12.1 Å². The van der Waals surface area contributed by atoms with E-state index in [4.69, 9.17) is 10.2 Å². The molecule has 0 aliphatic heterocycles. The van der Waals surface area contributed by atoms with Gasteiger partial charge in [-0.25, -0.2) is 0 Å². The van der Waals surface area contributed by atoms with Gasteiger partial charge in [0.25, 0.3) is 0 Å². The number of nitro groups is 2. The van der Waals surface area contributed by atoms with Gasteiger partial charge in [-0.2, -0.15) is 11.8 Å². The largest absolute Gasteiger partial charge is 2.00 e. The van der Waals surface area contributed by atoms with Crippen molar-refractivity contribution in [2.45, 2.75) is 26.7 Å². The van der Waals surface area contributed by atoms with Crippen LogP contribution < -0.4 is 0 Å². The fraction of sp³-hybridized carbons (Fsp3) is 0.312. The Morgan fingerprint density at radius 3 is 1.29 bits per heavy atom. The van der Waals surface area contributed by atoms with Gasteiger partial charge in [0.15, 0.2) is 11.5 Å². The maximum Gasteiger partial charge on any atom is 2.00 e. The number of hydrogen-bond donors (Lipinski definition) is 2. The Kier molecular flexibility index (Phi) is 13.9. The summed E-state index contributed by atoms with van der Waals surface area (Å²) >= 11 is 0. The first-order valence-corrected chi connectivity index (χ1v) is 13.4. The Morgan fingerprint density at radius 1 is 0.659 bits per heavy atom. The van der Waals surface area contributed by atoms with Crippen molar-refractivity contribution in [3.63, 3.8) is 0 Å². The van der Waals surface area contributed by atoms with Crippen LogP contribution in [0.5, 0.6) is 11.5 Å². The minimum Gasteiger partial charge on any atom is -0.502 e. The fourth-order valence-electron chi connectivity index (χ4n) is 5.24.